The molecule has 2 rings (SSSR count). The maximum atomic E-state index is 12.6. The van der Waals surface area contributed by atoms with Crippen LogP contribution in [0.3, 0.4) is 0 Å². The van der Waals surface area contributed by atoms with Crippen molar-refractivity contribution >= 4 is 23.2 Å². The standard InChI is InChI=1S/C18H23N3O2S/c1-12-15(24-16(19-12)13-9-7-6-8-10-13)17(23)21(5)11-14(22)20-18(2,3)4/h6-10H,11H2,1-5H3,(H,20,22). The first-order valence-electron chi connectivity index (χ1n) is 7.76. The number of hydrogen-bond acceptors (Lipinski definition) is 4. The van der Waals surface area contributed by atoms with Crippen molar-refractivity contribution in [3.63, 3.8) is 0 Å². The van der Waals surface area contributed by atoms with Crippen LogP contribution in [0.25, 0.3) is 10.6 Å². The molecular formula is C18H23N3O2S. The van der Waals surface area contributed by atoms with Crippen molar-refractivity contribution in [1.29, 1.82) is 0 Å². The molecule has 6 heteroatoms. The van der Waals surface area contributed by atoms with Crippen molar-refractivity contribution in [3.05, 3.63) is 40.9 Å². The van der Waals surface area contributed by atoms with Gasteiger partial charge in [0.15, 0.2) is 0 Å². The zero-order valence-electron chi connectivity index (χ0n) is 14.7. The van der Waals surface area contributed by atoms with Gasteiger partial charge in [-0.05, 0) is 27.7 Å². The van der Waals surface area contributed by atoms with Gasteiger partial charge in [0.2, 0.25) is 5.91 Å². The largest absolute Gasteiger partial charge is 0.350 e. The number of aryl methyl sites for hydroxylation is 1. The highest BCUT2D eigenvalue weighted by atomic mass is 32.1. The van der Waals surface area contributed by atoms with Gasteiger partial charge in [-0.2, -0.15) is 0 Å². The third kappa shape index (κ3) is 4.64. The van der Waals surface area contributed by atoms with E-state index in [0.717, 1.165) is 10.6 Å². The summed E-state index contributed by atoms with van der Waals surface area (Å²) in [6, 6.07) is 9.75. The first-order chi connectivity index (χ1) is 11.2. The van der Waals surface area contributed by atoms with Crippen LogP contribution >= 0.6 is 11.3 Å². The van der Waals surface area contributed by atoms with Crippen molar-refractivity contribution < 1.29 is 9.59 Å². The minimum atomic E-state index is -0.318. The fourth-order valence-corrected chi connectivity index (χ4v) is 3.28. The number of benzene rings is 1. The number of amides is 2. The van der Waals surface area contributed by atoms with Gasteiger partial charge in [-0.1, -0.05) is 30.3 Å². The van der Waals surface area contributed by atoms with Gasteiger partial charge >= 0.3 is 0 Å². The molecule has 0 aliphatic carbocycles. The summed E-state index contributed by atoms with van der Waals surface area (Å²) in [4.78, 5) is 31.1. The van der Waals surface area contributed by atoms with Gasteiger partial charge in [0.05, 0.1) is 12.2 Å². The van der Waals surface area contributed by atoms with E-state index < -0.39 is 0 Å². The topological polar surface area (TPSA) is 62.3 Å². The monoisotopic (exact) mass is 345 g/mol. The summed E-state index contributed by atoms with van der Waals surface area (Å²) in [5.41, 5.74) is 1.35. The van der Waals surface area contributed by atoms with Crippen LogP contribution in [0.2, 0.25) is 0 Å². The summed E-state index contributed by atoms with van der Waals surface area (Å²) in [6.07, 6.45) is 0. The minimum Gasteiger partial charge on any atom is -0.350 e. The van der Waals surface area contributed by atoms with Crippen molar-refractivity contribution in [2.75, 3.05) is 13.6 Å². The van der Waals surface area contributed by atoms with E-state index in [9.17, 15) is 9.59 Å². The predicted octanol–water partition coefficient (Wildman–Crippen LogP) is 3.11. The van der Waals surface area contributed by atoms with E-state index >= 15 is 0 Å². The van der Waals surface area contributed by atoms with Crippen LogP contribution in [0, 0.1) is 6.92 Å². The first kappa shape index (κ1) is 18.1. The molecule has 2 amide bonds. The van der Waals surface area contributed by atoms with E-state index in [2.05, 4.69) is 10.3 Å². The van der Waals surface area contributed by atoms with Crippen molar-refractivity contribution in [1.82, 2.24) is 15.2 Å². The Kier molecular flexibility index (Phi) is 5.39. The highest BCUT2D eigenvalue weighted by molar-refractivity contribution is 7.17. The Labute approximate surface area is 146 Å². The molecule has 0 fully saturated rings. The van der Waals surface area contributed by atoms with Gasteiger partial charge in [0.25, 0.3) is 5.91 Å². The number of hydrogen-bond donors (Lipinski definition) is 1. The molecule has 0 bridgehead atoms. The highest BCUT2D eigenvalue weighted by Crippen LogP contribution is 2.28. The van der Waals surface area contributed by atoms with Gasteiger partial charge in [-0.25, -0.2) is 4.98 Å². The number of nitrogens with one attached hydrogen (secondary N) is 1. The van der Waals surface area contributed by atoms with Gasteiger partial charge < -0.3 is 10.2 Å². The fourth-order valence-electron chi connectivity index (χ4n) is 2.22. The van der Waals surface area contributed by atoms with Gasteiger partial charge in [-0.15, -0.1) is 11.3 Å². The van der Waals surface area contributed by atoms with Crippen LogP contribution in [0.1, 0.15) is 36.1 Å². The Morgan fingerprint density at radius 2 is 1.83 bits per heavy atom. The zero-order chi connectivity index (χ0) is 17.9. The van der Waals surface area contributed by atoms with Crippen LogP contribution in [0.4, 0.5) is 0 Å². The summed E-state index contributed by atoms with van der Waals surface area (Å²) in [7, 11) is 1.63. The molecule has 1 aromatic heterocycles. The van der Waals surface area contributed by atoms with Gasteiger partial charge in [0.1, 0.15) is 9.88 Å². The Balaban J connectivity index is 2.12. The molecule has 0 radical (unpaired) electrons. The summed E-state index contributed by atoms with van der Waals surface area (Å²) < 4.78 is 0. The van der Waals surface area contributed by atoms with E-state index in [1.165, 1.54) is 16.2 Å². The second-order valence-corrected chi connectivity index (χ2v) is 7.76. The molecule has 0 unspecified atom stereocenters. The molecule has 0 saturated heterocycles. The Morgan fingerprint density at radius 1 is 1.21 bits per heavy atom. The number of carbonyl (C=O) groups is 2. The van der Waals surface area contributed by atoms with E-state index in [-0.39, 0.29) is 23.9 Å². The second kappa shape index (κ2) is 7.13. The van der Waals surface area contributed by atoms with Crippen LogP contribution < -0.4 is 5.32 Å². The molecule has 0 atom stereocenters. The number of likely N-dealkylation sites (N-methyl/N-ethyl adjacent to an activating group) is 1. The second-order valence-electron chi connectivity index (χ2n) is 6.76. The SMILES string of the molecule is Cc1nc(-c2ccccc2)sc1C(=O)N(C)CC(=O)NC(C)(C)C. The summed E-state index contributed by atoms with van der Waals surface area (Å²) in [5, 5.41) is 3.67. The third-order valence-corrected chi connectivity index (χ3v) is 4.45. The van der Waals surface area contributed by atoms with Crippen molar-refractivity contribution in [2.45, 2.75) is 33.2 Å². The molecule has 24 heavy (non-hydrogen) atoms. The summed E-state index contributed by atoms with van der Waals surface area (Å²) in [5.74, 6) is -0.361. The number of carbonyl (C=O) groups excluding carboxylic acids is 2. The lowest BCUT2D eigenvalue weighted by Crippen LogP contribution is -2.46. The normalized spacial score (nSPS) is 11.2. The molecule has 1 N–H and O–H groups in total. The van der Waals surface area contributed by atoms with E-state index in [0.29, 0.717) is 10.6 Å². The number of nitrogens with zero attached hydrogens (tertiary/aromatic N) is 2. The van der Waals surface area contributed by atoms with E-state index in [1.54, 1.807) is 7.05 Å². The third-order valence-electron chi connectivity index (χ3n) is 3.25. The molecule has 1 heterocycles. The quantitative estimate of drug-likeness (QED) is 0.926. The Hall–Kier alpha value is -2.21. The highest BCUT2D eigenvalue weighted by Gasteiger charge is 2.22. The molecule has 0 spiro atoms. The lowest BCUT2D eigenvalue weighted by atomic mass is 10.1. The molecule has 0 aliphatic heterocycles. The average molecular weight is 345 g/mol. The molecule has 5 nitrogen and oxygen atoms in total. The average Bonchev–Trinajstić information content (AvgIpc) is 2.87. The first-order valence-corrected chi connectivity index (χ1v) is 8.58. The fraction of sp³-hybridized carbons (Fsp3) is 0.389. The molecule has 128 valence electrons. The predicted molar refractivity (Wildman–Crippen MR) is 97.1 cm³/mol. The minimum absolute atomic E-state index is 0.0219. The number of rotatable bonds is 4. The van der Waals surface area contributed by atoms with Crippen LogP contribution in [0.15, 0.2) is 30.3 Å². The van der Waals surface area contributed by atoms with E-state index in [4.69, 9.17) is 0 Å². The maximum Gasteiger partial charge on any atom is 0.266 e. The lowest BCUT2D eigenvalue weighted by Gasteiger charge is -2.23. The molecular weight excluding hydrogens is 322 g/mol. The smallest absolute Gasteiger partial charge is 0.266 e. The molecule has 1 aromatic carbocycles. The Morgan fingerprint density at radius 3 is 2.42 bits per heavy atom. The number of thiazole rings is 1. The van der Waals surface area contributed by atoms with Gasteiger partial charge in [0, 0.05) is 18.2 Å². The van der Waals surface area contributed by atoms with Gasteiger partial charge in [-0.3, -0.25) is 9.59 Å². The lowest BCUT2D eigenvalue weighted by molar-refractivity contribution is -0.122. The Bertz CT molecular complexity index is 732. The molecule has 0 aliphatic rings. The van der Waals surface area contributed by atoms with Crippen molar-refractivity contribution in [2.24, 2.45) is 0 Å². The number of aromatic nitrogens is 1. The van der Waals surface area contributed by atoms with E-state index in [1.807, 2.05) is 58.0 Å². The van der Waals surface area contributed by atoms with Crippen LogP contribution in [-0.4, -0.2) is 40.8 Å². The molecule has 0 saturated carbocycles. The van der Waals surface area contributed by atoms with Crippen LogP contribution in [0.5, 0.6) is 0 Å². The zero-order valence-corrected chi connectivity index (χ0v) is 15.5. The molecule has 2 aromatic rings. The summed E-state index contributed by atoms with van der Waals surface area (Å²) in [6.45, 7) is 7.57. The van der Waals surface area contributed by atoms with Crippen LogP contribution in [-0.2, 0) is 4.79 Å². The summed E-state index contributed by atoms with van der Waals surface area (Å²) >= 11 is 1.36. The van der Waals surface area contributed by atoms with Crippen molar-refractivity contribution in [3.8, 4) is 10.6 Å². The maximum absolute atomic E-state index is 12.6.